The summed E-state index contributed by atoms with van der Waals surface area (Å²) in [5.41, 5.74) is 6.70. The van der Waals surface area contributed by atoms with E-state index in [2.05, 4.69) is 15.6 Å². The fourth-order valence-electron chi connectivity index (χ4n) is 2.45. The van der Waals surface area contributed by atoms with Crippen LogP contribution in [0.3, 0.4) is 0 Å². The molecule has 0 bridgehead atoms. The lowest BCUT2D eigenvalue weighted by atomic mass is 10.1. The van der Waals surface area contributed by atoms with Crippen LogP contribution in [0.4, 0.5) is 5.82 Å². The summed E-state index contributed by atoms with van der Waals surface area (Å²) in [6.07, 6.45) is 0. The molecule has 0 saturated carbocycles. The Kier molecular flexibility index (Phi) is 3.98. The van der Waals surface area contributed by atoms with E-state index in [0.29, 0.717) is 24.5 Å². The molecule has 1 saturated heterocycles. The summed E-state index contributed by atoms with van der Waals surface area (Å²) in [7, 11) is 0. The summed E-state index contributed by atoms with van der Waals surface area (Å²) >= 11 is 0. The number of para-hydroxylation sites is 1. The first-order valence-corrected chi connectivity index (χ1v) is 6.98. The van der Waals surface area contributed by atoms with Crippen LogP contribution in [0.5, 0.6) is 0 Å². The molecule has 1 aromatic carbocycles. The number of benzene rings is 1. The molecule has 1 aromatic heterocycles. The van der Waals surface area contributed by atoms with Crippen molar-refractivity contribution in [2.45, 2.75) is 6.04 Å². The van der Waals surface area contributed by atoms with Crippen molar-refractivity contribution in [3.63, 3.8) is 0 Å². The third-order valence-corrected chi connectivity index (χ3v) is 3.51. The Morgan fingerprint density at radius 2 is 2.33 bits per heavy atom. The van der Waals surface area contributed by atoms with Crippen molar-refractivity contribution in [1.82, 2.24) is 10.3 Å². The molecule has 1 unspecified atom stereocenters. The van der Waals surface area contributed by atoms with E-state index in [0.717, 1.165) is 24.1 Å². The number of nitrogens with one attached hydrogen (secondary N) is 2. The minimum Gasteiger partial charge on any atom is -0.378 e. The Hall–Kier alpha value is -2.18. The summed E-state index contributed by atoms with van der Waals surface area (Å²) in [5.74, 6) is 0.200. The number of aromatic nitrogens is 1. The lowest BCUT2D eigenvalue weighted by Crippen LogP contribution is -2.45. The number of nitrogens with zero attached hydrogens (tertiary/aromatic N) is 1. The van der Waals surface area contributed by atoms with Gasteiger partial charge in [0.25, 0.3) is 0 Å². The number of pyridine rings is 1. The predicted molar refractivity (Wildman–Crippen MR) is 81.4 cm³/mol. The van der Waals surface area contributed by atoms with Gasteiger partial charge in [0, 0.05) is 24.5 Å². The number of hydrogen-bond donors (Lipinski definition) is 3. The molecule has 6 heteroatoms. The highest BCUT2D eigenvalue weighted by molar-refractivity contribution is 6.06. The minimum atomic E-state index is -0.448. The third kappa shape index (κ3) is 3.12. The number of carbonyl (C=O) groups is 1. The Bertz CT molecular complexity index is 653. The van der Waals surface area contributed by atoms with Gasteiger partial charge >= 0.3 is 0 Å². The summed E-state index contributed by atoms with van der Waals surface area (Å²) in [6.45, 7) is 2.95. The zero-order chi connectivity index (χ0) is 14.7. The maximum atomic E-state index is 11.6. The molecule has 21 heavy (non-hydrogen) atoms. The number of amides is 1. The van der Waals surface area contributed by atoms with E-state index in [1.54, 1.807) is 6.07 Å². The zero-order valence-corrected chi connectivity index (χ0v) is 11.6. The van der Waals surface area contributed by atoms with Crippen molar-refractivity contribution in [3.8, 4) is 0 Å². The van der Waals surface area contributed by atoms with Crippen molar-refractivity contribution in [1.29, 1.82) is 0 Å². The van der Waals surface area contributed by atoms with Gasteiger partial charge in [-0.25, -0.2) is 4.98 Å². The first-order chi connectivity index (χ1) is 10.2. The second kappa shape index (κ2) is 6.07. The zero-order valence-electron chi connectivity index (χ0n) is 11.6. The normalized spacial score (nSPS) is 18.6. The number of ether oxygens (including phenoxy) is 1. The minimum absolute atomic E-state index is 0.240. The van der Waals surface area contributed by atoms with Gasteiger partial charge in [0.15, 0.2) is 0 Å². The van der Waals surface area contributed by atoms with Crippen molar-refractivity contribution >= 4 is 22.6 Å². The Balaban J connectivity index is 1.83. The SMILES string of the molecule is NC(=O)c1cc(NCC2COCCN2)nc2ccccc12. The smallest absolute Gasteiger partial charge is 0.249 e. The summed E-state index contributed by atoms with van der Waals surface area (Å²) in [6, 6.07) is 9.42. The van der Waals surface area contributed by atoms with E-state index in [4.69, 9.17) is 10.5 Å². The van der Waals surface area contributed by atoms with E-state index in [1.165, 1.54) is 0 Å². The van der Waals surface area contributed by atoms with Gasteiger partial charge in [-0.05, 0) is 12.1 Å². The molecule has 1 aliphatic rings. The monoisotopic (exact) mass is 286 g/mol. The van der Waals surface area contributed by atoms with Gasteiger partial charge in [0.1, 0.15) is 5.82 Å². The van der Waals surface area contributed by atoms with Crippen LogP contribution in [0.15, 0.2) is 30.3 Å². The Labute approximate surface area is 122 Å². The maximum absolute atomic E-state index is 11.6. The molecule has 6 nitrogen and oxygen atoms in total. The van der Waals surface area contributed by atoms with Crippen LogP contribution in [0.1, 0.15) is 10.4 Å². The van der Waals surface area contributed by atoms with Gasteiger partial charge in [-0.1, -0.05) is 18.2 Å². The van der Waals surface area contributed by atoms with E-state index in [9.17, 15) is 4.79 Å². The van der Waals surface area contributed by atoms with Crippen molar-refractivity contribution in [2.75, 3.05) is 31.6 Å². The largest absolute Gasteiger partial charge is 0.378 e. The second-order valence-corrected chi connectivity index (χ2v) is 5.04. The quantitative estimate of drug-likeness (QED) is 0.771. The van der Waals surface area contributed by atoms with Crippen LogP contribution in [-0.4, -0.2) is 43.2 Å². The van der Waals surface area contributed by atoms with Crippen LogP contribution in [0.2, 0.25) is 0 Å². The number of carbonyl (C=O) groups excluding carboxylic acids is 1. The molecule has 2 heterocycles. The topological polar surface area (TPSA) is 89.3 Å². The van der Waals surface area contributed by atoms with Gasteiger partial charge in [0.2, 0.25) is 5.91 Å². The number of primary amides is 1. The number of morpholine rings is 1. The first-order valence-electron chi connectivity index (χ1n) is 6.98. The average molecular weight is 286 g/mol. The van der Waals surface area contributed by atoms with E-state index < -0.39 is 5.91 Å². The van der Waals surface area contributed by atoms with E-state index >= 15 is 0 Å². The standard InChI is InChI=1S/C15H18N4O2/c16-15(20)12-7-14(18-8-10-9-21-6-5-17-10)19-13-4-2-1-3-11(12)13/h1-4,7,10,17H,5-6,8-9H2,(H2,16,20)(H,18,19). The molecular weight excluding hydrogens is 268 g/mol. The van der Waals surface area contributed by atoms with Gasteiger partial charge in [-0.15, -0.1) is 0 Å². The number of hydrogen-bond acceptors (Lipinski definition) is 5. The summed E-state index contributed by atoms with van der Waals surface area (Å²) < 4.78 is 5.41. The van der Waals surface area contributed by atoms with Gasteiger partial charge < -0.3 is 21.1 Å². The predicted octanol–water partition coefficient (Wildman–Crippen LogP) is 0.734. The molecule has 0 aliphatic carbocycles. The van der Waals surface area contributed by atoms with E-state index in [-0.39, 0.29) is 6.04 Å². The first kappa shape index (κ1) is 13.8. The Morgan fingerprint density at radius 3 is 3.10 bits per heavy atom. The highest BCUT2D eigenvalue weighted by Crippen LogP contribution is 2.20. The van der Waals surface area contributed by atoms with Crippen molar-refractivity contribution in [3.05, 3.63) is 35.9 Å². The molecule has 1 atom stereocenters. The van der Waals surface area contributed by atoms with Crippen LogP contribution in [0, 0.1) is 0 Å². The van der Waals surface area contributed by atoms with Gasteiger partial charge in [-0.3, -0.25) is 4.79 Å². The summed E-state index contributed by atoms with van der Waals surface area (Å²) in [4.78, 5) is 16.1. The van der Waals surface area contributed by atoms with Gasteiger partial charge in [0.05, 0.1) is 24.3 Å². The fourth-order valence-corrected chi connectivity index (χ4v) is 2.45. The summed E-state index contributed by atoms with van der Waals surface area (Å²) in [5, 5.41) is 7.37. The fraction of sp³-hybridized carbons (Fsp3) is 0.333. The van der Waals surface area contributed by atoms with Crippen LogP contribution < -0.4 is 16.4 Å². The molecule has 4 N–H and O–H groups in total. The highest BCUT2D eigenvalue weighted by Gasteiger charge is 2.14. The van der Waals surface area contributed by atoms with Gasteiger partial charge in [-0.2, -0.15) is 0 Å². The number of nitrogens with two attached hydrogens (primary N) is 1. The molecule has 0 radical (unpaired) electrons. The molecular formula is C15H18N4O2. The number of rotatable bonds is 4. The molecule has 110 valence electrons. The number of anilines is 1. The Morgan fingerprint density at radius 1 is 1.48 bits per heavy atom. The molecule has 1 amide bonds. The van der Waals surface area contributed by atoms with E-state index in [1.807, 2.05) is 24.3 Å². The second-order valence-electron chi connectivity index (χ2n) is 5.04. The molecule has 0 spiro atoms. The lowest BCUT2D eigenvalue weighted by molar-refractivity contribution is 0.0806. The maximum Gasteiger partial charge on any atom is 0.249 e. The molecule has 1 aliphatic heterocycles. The highest BCUT2D eigenvalue weighted by atomic mass is 16.5. The average Bonchev–Trinajstić information content (AvgIpc) is 2.53. The van der Waals surface area contributed by atoms with Crippen molar-refractivity contribution < 1.29 is 9.53 Å². The number of fused-ring (bicyclic) bond motifs is 1. The lowest BCUT2D eigenvalue weighted by Gasteiger charge is -2.24. The molecule has 2 aromatic rings. The molecule has 1 fully saturated rings. The van der Waals surface area contributed by atoms with Crippen LogP contribution in [0.25, 0.3) is 10.9 Å². The molecule has 3 rings (SSSR count). The third-order valence-electron chi connectivity index (χ3n) is 3.51. The van der Waals surface area contributed by atoms with Crippen LogP contribution >= 0.6 is 0 Å². The van der Waals surface area contributed by atoms with Crippen LogP contribution in [-0.2, 0) is 4.74 Å². The van der Waals surface area contributed by atoms with Crippen molar-refractivity contribution in [2.24, 2.45) is 5.73 Å².